The molecule has 16 rings (SSSR count). The second-order valence-electron chi connectivity index (χ2n) is 23.2. The van der Waals surface area contributed by atoms with Crippen molar-refractivity contribution in [2.75, 3.05) is 0 Å². The molecule has 0 aliphatic carbocycles. The minimum absolute atomic E-state index is 0.0638. The van der Waals surface area contributed by atoms with Gasteiger partial charge >= 0.3 is 146 Å². The molecule has 8 aromatic carbocycles. The first-order valence-electron chi connectivity index (χ1n) is 29.8. The molecule has 8 heterocycles. The van der Waals surface area contributed by atoms with Gasteiger partial charge in [0.2, 0.25) is 0 Å². The van der Waals surface area contributed by atoms with E-state index in [1.165, 1.54) is 108 Å². The van der Waals surface area contributed by atoms with Gasteiger partial charge in [-0.3, -0.25) is 0 Å². The minimum atomic E-state index is -0.268. The Morgan fingerprint density at radius 2 is 0.442 bits per heavy atom. The van der Waals surface area contributed by atoms with Crippen LogP contribution in [0.25, 0.3) is 88.3 Å². The smallest absolute Gasteiger partial charge is 0.138 e. The maximum atomic E-state index is 13.1. The van der Waals surface area contributed by atoms with Crippen LogP contribution in [0.15, 0.2) is 68.5 Å². The van der Waals surface area contributed by atoms with E-state index in [2.05, 4.69) is 176 Å². The summed E-state index contributed by atoms with van der Waals surface area (Å²) >= 11 is 3.75. The molecule has 19 nitrogen and oxygen atoms in total. The Hall–Kier alpha value is -8.55. The Labute approximate surface area is 571 Å². The van der Waals surface area contributed by atoms with Crippen LogP contribution in [-0.2, 0) is 0 Å². The molecule has 0 N–H and O–H groups in total. The molecule has 8 aromatic heterocycles. The number of nitrogens with zero attached hydrogens (tertiary/aromatic N) is 16. The summed E-state index contributed by atoms with van der Waals surface area (Å²) < 4.78 is 95.5. The van der Waals surface area contributed by atoms with E-state index in [4.69, 9.17) is 4.63 Å². The van der Waals surface area contributed by atoms with Crippen molar-refractivity contribution in [3.63, 3.8) is 0 Å². The number of hydrogen-bond donors (Lipinski definition) is 0. The van der Waals surface area contributed by atoms with E-state index in [0.29, 0.717) is 33.2 Å². The molecule has 0 bridgehead atoms. The third kappa shape index (κ3) is 15.1. The van der Waals surface area contributed by atoms with E-state index >= 15 is 0 Å². The third-order valence-corrected chi connectivity index (χ3v) is 20.8. The van der Waals surface area contributed by atoms with Crippen molar-refractivity contribution in [1.29, 1.82) is 0 Å². The summed E-state index contributed by atoms with van der Waals surface area (Å²) in [4.78, 5) is 0. The SMILES string of the molecule is Cc1c(C)c(C)c2nonc2c1C.Cc1c(C)c(C)c2nsnc2c1C.Cc1cc(F)c(C)c2n[se]nc12.Cc1cc(F)c(C)c2nonc12.Cc1cc(F)c(C)c2nsnc12.Cc1ccc(C)c2n[se]nc12.Cc1ccc(C)c2nonc12.Cc1ccc(C)c2nsnc12. The van der Waals surface area contributed by atoms with E-state index in [0.717, 1.165) is 111 Å². The van der Waals surface area contributed by atoms with Gasteiger partial charge < -0.3 is 0 Å². The Morgan fingerprint density at radius 3 is 0.811 bits per heavy atom. The van der Waals surface area contributed by atoms with Gasteiger partial charge in [-0.25, -0.2) is 22.7 Å². The molecule has 27 heteroatoms. The summed E-state index contributed by atoms with van der Waals surface area (Å²) in [6.45, 7) is 39.7. The number of fused-ring (bicyclic) bond motifs is 8. The quantitative estimate of drug-likeness (QED) is 0.128. The average molecular weight is 1470 g/mol. The Balaban J connectivity index is 0.000000128. The molecule has 0 saturated heterocycles. The van der Waals surface area contributed by atoms with Crippen molar-refractivity contribution in [1.82, 2.24) is 73.1 Å². The Kier molecular flexibility index (Phi) is 22.7. The van der Waals surface area contributed by atoms with Gasteiger partial charge in [-0.05, 0) is 232 Å². The summed E-state index contributed by atoms with van der Waals surface area (Å²) in [6, 6.07) is 16.9. The van der Waals surface area contributed by atoms with Crippen LogP contribution in [0.2, 0.25) is 0 Å². The van der Waals surface area contributed by atoms with Gasteiger partial charge in [0.1, 0.15) is 77.8 Å². The maximum absolute atomic E-state index is 13.1. The average Bonchev–Trinajstić information content (AvgIpc) is 1.77. The van der Waals surface area contributed by atoms with E-state index in [9.17, 15) is 13.2 Å². The van der Waals surface area contributed by atoms with Crippen molar-refractivity contribution in [3.8, 4) is 0 Å². The largest absolute Gasteiger partial charge is 0.243 e. The summed E-state index contributed by atoms with van der Waals surface area (Å²) in [5, 5.41) is 22.7. The minimum Gasteiger partial charge on any atom is -0.243 e. The fourth-order valence-corrected chi connectivity index (χ4v) is 14.8. The molecule has 0 atom stereocenters. The number of benzene rings is 8. The maximum Gasteiger partial charge on any atom is 0.138 e. The van der Waals surface area contributed by atoms with Crippen LogP contribution < -0.4 is 0 Å². The molecule has 0 fully saturated rings. The van der Waals surface area contributed by atoms with Gasteiger partial charge in [0.15, 0.2) is 0 Å². The molecule has 0 spiro atoms. The van der Waals surface area contributed by atoms with Crippen LogP contribution in [0.5, 0.6) is 0 Å². The summed E-state index contributed by atoms with van der Waals surface area (Å²) in [6.07, 6.45) is 0. The van der Waals surface area contributed by atoms with E-state index in [1.54, 1.807) is 27.7 Å². The molecule has 16 aromatic rings. The van der Waals surface area contributed by atoms with Gasteiger partial charge in [-0.1, -0.05) is 24.3 Å². The predicted octanol–water partition coefficient (Wildman–Crippen LogP) is 16.7. The predicted molar refractivity (Wildman–Crippen MR) is 375 cm³/mol. The van der Waals surface area contributed by atoms with Gasteiger partial charge in [-0.2, -0.15) is 26.2 Å². The van der Waals surface area contributed by atoms with Crippen LogP contribution in [0.1, 0.15) is 111 Å². The van der Waals surface area contributed by atoms with Crippen molar-refractivity contribution in [2.24, 2.45) is 0 Å². The van der Waals surface area contributed by atoms with Crippen molar-refractivity contribution >= 4 is 153 Å². The number of aromatic nitrogens is 16. The standard InChI is InChI=1S/C10H12N2O.C10H12N2S.C8H7FN2O.C8H7FN2S.C8H7FN2Se.C8H8N2O.C8H8N2S.C8H8N2Se/c2*1-5-6(2)8(4)10-9(7(5)3)11-13-12-10;3*1-4-3-6(9)5(2)8-7(4)10-12-11-8;3*1-5-3-4-6(2)8-7(5)9-11-10-8/h2*1-4H3;3*3H,1-2H3;3*3-4H,1-2H3. The summed E-state index contributed by atoms with van der Waals surface area (Å²) in [5.74, 6) is -0.647. The van der Waals surface area contributed by atoms with Gasteiger partial charge in [-0.15, -0.1) is 0 Å². The number of rotatable bonds is 0. The number of aryl methyl sites for hydroxylation is 16. The second kappa shape index (κ2) is 30.5. The molecule has 0 aliphatic heterocycles. The first-order chi connectivity index (χ1) is 45.2. The van der Waals surface area contributed by atoms with Crippen LogP contribution >= 0.6 is 35.2 Å². The molecule has 95 heavy (non-hydrogen) atoms. The number of halogens is 3. The summed E-state index contributed by atoms with van der Waals surface area (Å²) in [7, 11) is 0. The Morgan fingerprint density at radius 1 is 0.232 bits per heavy atom. The van der Waals surface area contributed by atoms with E-state index < -0.39 is 0 Å². The molecular formula is C68H69F3N16O3S3Se2. The fraction of sp³-hybridized carbons (Fsp3) is 0.294. The normalized spacial score (nSPS) is 10.9. The third-order valence-electron chi connectivity index (χ3n) is 17.0. The molecule has 0 aliphatic rings. The van der Waals surface area contributed by atoms with Crippen LogP contribution in [0, 0.1) is 156 Å². The zero-order valence-corrected chi connectivity index (χ0v) is 62.1. The van der Waals surface area contributed by atoms with Crippen LogP contribution in [-0.4, -0.2) is 103 Å². The molecular weight excluding hydrogens is 1400 g/mol. The number of hydrogen-bond acceptors (Lipinski definition) is 22. The molecule has 0 saturated carbocycles. The van der Waals surface area contributed by atoms with Crippen molar-refractivity contribution in [2.45, 2.75) is 138 Å². The van der Waals surface area contributed by atoms with E-state index in [-0.39, 0.29) is 47.4 Å². The molecule has 490 valence electrons. The monoisotopic (exact) mass is 1470 g/mol. The van der Waals surface area contributed by atoms with E-state index in [1.807, 2.05) is 53.7 Å². The zero-order valence-electron chi connectivity index (χ0n) is 56.3. The first-order valence-corrected chi connectivity index (χ1v) is 35.0. The van der Waals surface area contributed by atoms with Gasteiger partial charge in [0.05, 0.1) is 35.2 Å². The topological polar surface area (TPSA) is 246 Å². The van der Waals surface area contributed by atoms with Gasteiger partial charge in [0, 0.05) is 11.1 Å². The Bertz CT molecular complexity index is 4770. The van der Waals surface area contributed by atoms with Crippen LogP contribution in [0.3, 0.4) is 0 Å². The van der Waals surface area contributed by atoms with Crippen molar-refractivity contribution in [3.05, 3.63) is 183 Å². The summed E-state index contributed by atoms with van der Waals surface area (Å²) in [5.41, 5.74) is 35.7. The fourth-order valence-electron chi connectivity index (χ4n) is 10.1. The second-order valence-corrected chi connectivity index (χ2v) is 27.0. The zero-order chi connectivity index (χ0) is 68.9. The van der Waals surface area contributed by atoms with Crippen LogP contribution in [0.4, 0.5) is 13.2 Å². The molecule has 0 radical (unpaired) electrons. The first kappa shape index (κ1) is 70.8. The van der Waals surface area contributed by atoms with Gasteiger partial charge in [0.25, 0.3) is 0 Å². The molecule has 0 unspecified atom stereocenters. The van der Waals surface area contributed by atoms with Crippen molar-refractivity contribution < 1.29 is 27.1 Å². The molecule has 0 amide bonds.